The highest BCUT2D eigenvalue weighted by Crippen LogP contribution is 2.24. The van der Waals surface area contributed by atoms with Gasteiger partial charge in [0.1, 0.15) is 0 Å². The summed E-state index contributed by atoms with van der Waals surface area (Å²) in [6, 6.07) is -0.0425. The Morgan fingerprint density at radius 2 is 1.86 bits per heavy atom. The van der Waals surface area contributed by atoms with Crippen molar-refractivity contribution in [2.24, 2.45) is 0 Å². The van der Waals surface area contributed by atoms with E-state index >= 15 is 0 Å². The molecule has 0 spiro atoms. The molecule has 2 fully saturated rings. The summed E-state index contributed by atoms with van der Waals surface area (Å²) in [4.78, 5) is 26.2. The summed E-state index contributed by atoms with van der Waals surface area (Å²) in [5.74, 6) is -0.305. The monoisotopic (exact) mass is 320 g/mol. The van der Waals surface area contributed by atoms with E-state index in [1.807, 2.05) is 0 Å². The van der Waals surface area contributed by atoms with Crippen LogP contribution in [0.1, 0.15) is 25.7 Å². The molecule has 0 bridgehead atoms. The minimum atomic E-state index is -3.66. The van der Waals surface area contributed by atoms with Gasteiger partial charge in [0.2, 0.25) is 0 Å². The van der Waals surface area contributed by atoms with Gasteiger partial charge in [0, 0.05) is 25.7 Å². The molecule has 8 nitrogen and oxygen atoms in total. The largest absolute Gasteiger partial charge is 0.465 e. The molecule has 2 rings (SSSR count). The lowest BCUT2D eigenvalue weighted by Gasteiger charge is -2.41. The predicted molar refractivity (Wildman–Crippen MR) is 73.3 cm³/mol. The van der Waals surface area contributed by atoms with E-state index in [2.05, 4.69) is 0 Å². The van der Waals surface area contributed by atoms with Crippen LogP contribution in [0.2, 0.25) is 0 Å². The minimum Gasteiger partial charge on any atom is -0.465 e. The van der Waals surface area contributed by atoms with Gasteiger partial charge in [-0.25, -0.2) is 4.79 Å². The first-order chi connectivity index (χ1) is 9.78. The van der Waals surface area contributed by atoms with Crippen molar-refractivity contribution >= 4 is 22.1 Å². The number of carbonyl (C=O) groups is 2. The molecule has 2 heterocycles. The Kier molecular flexibility index (Phi) is 4.72. The van der Waals surface area contributed by atoms with Crippen molar-refractivity contribution in [1.29, 1.82) is 0 Å². The van der Waals surface area contributed by atoms with E-state index < -0.39 is 22.3 Å². The summed E-state index contributed by atoms with van der Waals surface area (Å²) in [5, 5.41) is 8.92. The fourth-order valence-corrected chi connectivity index (χ4v) is 3.50. The van der Waals surface area contributed by atoms with Crippen molar-refractivity contribution in [3.05, 3.63) is 0 Å². The summed E-state index contributed by atoms with van der Waals surface area (Å²) in [5.41, 5.74) is 0. The SMILES string of the molecule is CS(=O)(=O)O[C@@H]1CCCN(C2CCN(C(=O)O)CC2)C1=O. The third-order valence-corrected chi connectivity index (χ3v) is 4.47. The summed E-state index contributed by atoms with van der Waals surface area (Å²) in [6.07, 6.45) is 1.28. The molecule has 0 aromatic rings. The molecule has 9 heteroatoms. The lowest BCUT2D eigenvalue weighted by atomic mass is 9.98. The second kappa shape index (κ2) is 6.18. The zero-order chi connectivity index (χ0) is 15.6. The van der Waals surface area contributed by atoms with Gasteiger partial charge >= 0.3 is 6.09 Å². The maximum absolute atomic E-state index is 12.3. The fourth-order valence-electron chi connectivity index (χ4n) is 2.90. The van der Waals surface area contributed by atoms with E-state index in [0.29, 0.717) is 45.3 Å². The van der Waals surface area contributed by atoms with Crippen LogP contribution in [-0.2, 0) is 19.1 Å². The summed E-state index contributed by atoms with van der Waals surface area (Å²) in [7, 11) is -3.66. The van der Waals surface area contributed by atoms with Gasteiger partial charge in [0.25, 0.3) is 16.0 Å². The van der Waals surface area contributed by atoms with Gasteiger partial charge in [-0.3, -0.25) is 8.98 Å². The van der Waals surface area contributed by atoms with Crippen molar-refractivity contribution < 1.29 is 27.3 Å². The average Bonchev–Trinajstić information content (AvgIpc) is 2.40. The van der Waals surface area contributed by atoms with E-state index in [0.717, 1.165) is 6.26 Å². The van der Waals surface area contributed by atoms with Crippen LogP contribution in [0.4, 0.5) is 4.79 Å². The van der Waals surface area contributed by atoms with Crippen LogP contribution in [0.5, 0.6) is 0 Å². The van der Waals surface area contributed by atoms with Crippen molar-refractivity contribution in [3.63, 3.8) is 0 Å². The van der Waals surface area contributed by atoms with Crippen molar-refractivity contribution in [2.75, 3.05) is 25.9 Å². The molecule has 120 valence electrons. The van der Waals surface area contributed by atoms with E-state index in [9.17, 15) is 18.0 Å². The third kappa shape index (κ3) is 4.07. The number of likely N-dealkylation sites (tertiary alicyclic amines) is 2. The number of hydrogen-bond donors (Lipinski definition) is 1. The number of nitrogens with zero attached hydrogens (tertiary/aromatic N) is 2. The normalized spacial score (nSPS) is 25.2. The van der Waals surface area contributed by atoms with E-state index in [1.54, 1.807) is 4.90 Å². The van der Waals surface area contributed by atoms with Crippen LogP contribution < -0.4 is 0 Å². The molecule has 1 N–H and O–H groups in total. The maximum atomic E-state index is 12.3. The number of rotatable bonds is 3. The molecule has 21 heavy (non-hydrogen) atoms. The highest BCUT2D eigenvalue weighted by Gasteiger charge is 2.37. The van der Waals surface area contributed by atoms with Crippen molar-refractivity contribution in [3.8, 4) is 0 Å². The molecule has 2 aliphatic heterocycles. The van der Waals surface area contributed by atoms with Gasteiger partial charge in [0.05, 0.1) is 6.26 Å². The molecular weight excluding hydrogens is 300 g/mol. The first-order valence-corrected chi connectivity index (χ1v) is 8.76. The zero-order valence-electron chi connectivity index (χ0n) is 11.9. The van der Waals surface area contributed by atoms with Crippen LogP contribution >= 0.6 is 0 Å². The number of piperidine rings is 2. The predicted octanol–water partition coefficient (Wildman–Crippen LogP) is 0.0960. The van der Waals surface area contributed by atoms with Gasteiger partial charge in [-0.05, 0) is 25.7 Å². The Hall–Kier alpha value is -1.35. The second-order valence-corrected chi connectivity index (χ2v) is 7.06. The highest BCUT2D eigenvalue weighted by molar-refractivity contribution is 7.86. The highest BCUT2D eigenvalue weighted by atomic mass is 32.2. The lowest BCUT2D eigenvalue weighted by molar-refractivity contribution is -0.145. The number of hydrogen-bond acceptors (Lipinski definition) is 5. The Bertz CT molecular complexity index is 512. The summed E-state index contributed by atoms with van der Waals surface area (Å²) < 4.78 is 27.2. The van der Waals surface area contributed by atoms with Crippen molar-refractivity contribution in [2.45, 2.75) is 37.8 Å². The average molecular weight is 320 g/mol. The molecule has 2 aliphatic rings. The molecule has 1 atom stereocenters. The topological polar surface area (TPSA) is 104 Å². The van der Waals surface area contributed by atoms with Crippen LogP contribution in [0.3, 0.4) is 0 Å². The van der Waals surface area contributed by atoms with Gasteiger partial charge in [-0.2, -0.15) is 8.42 Å². The quantitative estimate of drug-likeness (QED) is 0.739. The van der Waals surface area contributed by atoms with Crippen LogP contribution in [-0.4, -0.2) is 73.4 Å². The van der Waals surface area contributed by atoms with E-state index in [4.69, 9.17) is 9.29 Å². The van der Waals surface area contributed by atoms with Crippen LogP contribution in [0.15, 0.2) is 0 Å². The minimum absolute atomic E-state index is 0.0425. The van der Waals surface area contributed by atoms with Crippen LogP contribution in [0, 0.1) is 0 Å². The molecule has 0 aromatic heterocycles. The molecule has 0 aliphatic carbocycles. The lowest BCUT2D eigenvalue weighted by Crippen LogP contribution is -2.54. The standard InChI is InChI=1S/C12H20N2O6S/c1-21(18,19)20-10-3-2-6-14(11(10)15)9-4-7-13(8-5-9)12(16)17/h9-10H,2-8H2,1H3,(H,16,17)/t10-/m1/s1. The first kappa shape index (κ1) is 16.0. The molecule has 0 radical (unpaired) electrons. The van der Waals surface area contributed by atoms with Gasteiger partial charge in [-0.15, -0.1) is 0 Å². The first-order valence-electron chi connectivity index (χ1n) is 6.94. The van der Waals surface area contributed by atoms with Gasteiger partial charge in [-0.1, -0.05) is 0 Å². The molecule has 0 aromatic carbocycles. The van der Waals surface area contributed by atoms with Gasteiger partial charge in [0.15, 0.2) is 6.10 Å². The van der Waals surface area contributed by atoms with Gasteiger partial charge < -0.3 is 14.9 Å². The number of amides is 2. The van der Waals surface area contributed by atoms with Crippen molar-refractivity contribution in [1.82, 2.24) is 9.80 Å². The number of carbonyl (C=O) groups excluding carboxylic acids is 1. The van der Waals surface area contributed by atoms with E-state index in [1.165, 1.54) is 4.90 Å². The molecule has 0 unspecified atom stereocenters. The Morgan fingerprint density at radius 3 is 2.38 bits per heavy atom. The molecule has 2 saturated heterocycles. The summed E-state index contributed by atoms with van der Waals surface area (Å²) >= 11 is 0. The van der Waals surface area contributed by atoms with E-state index in [-0.39, 0.29) is 11.9 Å². The fraction of sp³-hybridized carbons (Fsp3) is 0.833. The Labute approximate surface area is 123 Å². The number of carboxylic acid groups (broad SMARTS) is 1. The second-order valence-electron chi connectivity index (χ2n) is 5.46. The van der Waals surface area contributed by atoms with Crippen LogP contribution in [0.25, 0.3) is 0 Å². The Balaban J connectivity index is 1.97. The smallest absolute Gasteiger partial charge is 0.407 e. The maximum Gasteiger partial charge on any atom is 0.407 e. The summed E-state index contributed by atoms with van der Waals surface area (Å²) in [6.45, 7) is 1.35. The third-order valence-electron chi connectivity index (χ3n) is 3.89. The molecule has 0 saturated carbocycles. The molecule has 2 amide bonds. The molecular formula is C12H20N2O6S. The Morgan fingerprint density at radius 1 is 1.24 bits per heavy atom. The zero-order valence-corrected chi connectivity index (χ0v) is 12.7.